The highest BCUT2D eigenvalue weighted by Crippen LogP contribution is 2.50. The molecule has 0 saturated heterocycles. The second-order valence-corrected chi connectivity index (χ2v) is 9.89. The molecule has 3 aromatic rings. The summed E-state index contributed by atoms with van der Waals surface area (Å²) in [6, 6.07) is 20.5. The molecule has 0 bridgehead atoms. The zero-order chi connectivity index (χ0) is 20.8. The number of halogens is 3. The molecule has 2 aliphatic rings. The third-order valence-corrected chi connectivity index (χ3v) is 6.96. The van der Waals surface area contributed by atoms with E-state index in [0.29, 0.717) is 0 Å². The molecule has 0 aromatic heterocycles. The van der Waals surface area contributed by atoms with Gasteiger partial charge in [-0.3, -0.25) is 0 Å². The molecular formula is C23H17Br3N2O2. The lowest BCUT2D eigenvalue weighted by Crippen LogP contribution is -2.33. The molecule has 0 saturated carbocycles. The van der Waals surface area contributed by atoms with Crippen LogP contribution in [0.25, 0.3) is 0 Å². The minimum absolute atomic E-state index is 0.0910. The lowest BCUT2D eigenvalue weighted by Gasteiger charge is -2.38. The van der Waals surface area contributed by atoms with Gasteiger partial charge in [-0.15, -0.1) is 0 Å². The zero-order valence-corrected chi connectivity index (χ0v) is 20.7. The Morgan fingerprint density at radius 3 is 2.40 bits per heavy atom. The van der Waals surface area contributed by atoms with Gasteiger partial charge in [0.2, 0.25) is 6.23 Å². The van der Waals surface area contributed by atoms with Crippen molar-refractivity contribution < 1.29 is 9.47 Å². The SMILES string of the molecule is COc1ccc(C2=NN3[C@@H](C2)c2cc(Br)cc(Br)c2O[C@H]3c2ccc(Br)cc2)cc1. The summed E-state index contributed by atoms with van der Waals surface area (Å²) in [6.07, 6.45) is 0.502. The number of hydrogen-bond donors (Lipinski definition) is 0. The molecule has 7 heteroatoms. The Morgan fingerprint density at radius 2 is 1.70 bits per heavy atom. The maximum absolute atomic E-state index is 6.49. The predicted octanol–water partition coefficient (Wildman–Crippen LogP) is 7.23. The molecule has 3 aromatic carbocycles. The van der Waals surface area contributed by atoms with Gasteiger partial charge in [-0.05, 0) is 70.0 Å². The average molecular weight is 593 g/mol. The van der Waals surface area contributed by atoms with Crippen molar-refractivity contribution in [1.29, 1.82) is 0 Å². The summed E-state index contributed by atoms with van der Waals surface area (Å²) in [5, 5.41) is 7.10. The quantitative estimate of drug-likeness (QED) is 0.322. The highest BCUT2D eigenvalue weighted by atomic mass is 79.9. The van der Waals surface area contributed by atoms with Crippen molar-refractivity contribution in [3.8, 4) is 11.5 Å². The van der Waals surface area contributed by atoms with Crippen LogP contribution in [0, 0.1) is 0 Å². The smallest absolute Gasteiger partial charge is 0.213 e. The van der Waals surface area contributed by atoms with E-state index in [-0.39, 0.29) is 12.3 Å². The minimum Gasteiger partial charge on any atom is -0.497 e. The fraction of sp³-hybridized carbons (Fsp3) is 0.174. The number of hydrogen-bond acceptors (Lipinski definition) is 4. The summed E-state index contributed by atoms with van der Waals surface area (Å²) < 4.78 is 14.8. The molecule has 152 valence electrons. The predicted molar refractivity (Wildman–Crippen MR) is 128 cm³/mol. The maximum atomic E-state index is 6.49. The zero-order valence-electron chi connectivity index (χ0n) is 16.0. The van der Waals surface area contributed by atoms with E-state index >= 15 is 0 Å². The summed E-state index contributed by atoms with van der Waals surface area (Å²) in [5.41, 5.74) is 4.31. The molecule has 2 heterocycles. The van der Waals surface area contributed by atoms with Gasteiger partial charge in [0, 0.05) is 26.5 Å². The van der Waals surface area contributed by atoms with Crippen LogP contribution in [0.5, 0.6) is 11.5 Å². The molecule has 5 rings (SSSR count). The van der Waals surface area contributed by atoms with E-state index in [4.69, 9.17) is 14.6 Å². The van der Waals surface area contributed by atoms with E-state index in [9.17, 15) is 0 Å². The molecule has 2 atom stereocenters. The summed E-state index contributed by atoms with van der Waals surface area (Å²) in [6.45, 7) is 0. The molecule has 2 aliphatic heterocycles. The lowest BCUT2D eigenvalue weighted by atomic mass is 9.96. The first-order chi connectivity index (χ1) is 14.5. The second-order valence-electron chi connectivity index (χ2n) is 7.20. The number of methoxy groups -OCH3 is 1. The topological polar surface area (TPSA) is 34.1 Å². The Hall–Kier alpha value is -1.83. The summed E-state index contributed by atoms with van der Waals surface area (Å²) >= 11 is 10.8. The molecule has 0 amide bonds. The maximum Gasteiger partial charge on any atom is 0.213 e. The first-order valence-corrected chi connectivity index (χ1v) is 11.8. The first-order valence-electron chi connectivity index (χ1n) is 9.45. The third kappa shape index (κ3) is 3.57. The van der Waals surface area contributed by atoms with Crippen molar-refractivity contribution in [3.05, 3.63) is 90.8 Å². The summed E-state index contributed by atoms with van der Waals surface area (Å²) in [5.74, 6) is 1.71. The second kappa shape index (κ2) is 8.02. The summed E-state index contributed by atoms with van der Waals surface area (Å²) in [7, 11) is 1.68. The van der Waals surface area contributed by atoms with Crippen molar-refractivity contribution in [2.24, 2.45) is 5.10 Å². The number of nitrogens with zero attached hydrogens (tertiary/aromatic N) is 2. The van der Waals surface area contributed by atoms with Crippen molar-refractivity contribution >= 4 is 53.5 Å². The Kier molecular flexibility index (Phi) is 5.37. The largest absolute Gasteiger partial charge is 0.497 e. The molecule has 4 nitrogen and oxygen atoms in total. The Morgan fingerprint density at radius 1 is 0.967 bits per heavy atom. The molecule has 0 N–H and O–H groups in total. The van der Waals surface area contributed by atoms with Crippen molar-refractivity contribution in [3.63, 3.8) is 0 Å². The van der Waals surface area contributed by atoms with Crippen LogP contribution in [0.15, 0.2) is 79.2 Å². The van der Waals surface area contributed by atoms with E-state index in [1.165, 1.54) is 0 Å². The number of benzene rings is 3. The monoisotopic (exact) mass is 590 g/mol. The van der Waals surface area contributed by atoms with Gasteiger partial charge in [0.05, 0.1) is 23.3 Å². The van der Waals surface area contributed by atoms with E-state index in [1.807, 2.05) is 30.3 Å². The standard InChI is InChI=1S/C23H17Br3N2O2/c1-29-17-8-4-13(5-9-17)20-12-21-18-10-16(25)11-19(26)22(18)30-23(28(21)27-20)14-2-6-15(24)7-3-14/h2-11,21,23H,12H2,1H3/t21-,23-/m0/s1. The molecule has 0 unspecified atom stereocenters. The van der Waals surface area contributed by atoms with Gasteiger partial charge in [0.1, 0.15) is 11.5 Å². The molecule has 30 heavy (non-hydrogen) atoms. The van der Waals surface area contributed by atoms with Crippen molar-refractivity contribution in [2.75, 3.05) is 7.11 Å². The van der Waals surface area contributed by atoms with Crippen LogP contribution in [-0.2, 0) is 0 Å². The van der Waals surface area contributed by atoms with Crippen LogP contribution in [0.1, 0.15) is 35.4 Å². The minimum atomic E-state index is -0.302. The average Bonchev–Trinajstić information content (AvgIpc) is 3.20. The van der Waals surface area contributed by atoms with Crippen LogP contribution >= 0.6 is 47.8 Å². The molecular weight excluding hydrogens is 576 g/mol. The van der Waals surface area contributed by atoms with E-state index in [2.05, 4.69) is 83.1 Å². The normalized spacial score (nSPS) is 19.6. The van der Waals surface area contributed by atoms with Crippen LogP contribution < -0.4 is 9.47 Å². The lowest BCUT2D eigenvalue weighted by molar-refractivity contribution is -0.0197. The third-order valence-electron chi connectivity index (χ3n) is 5.39. The number of fused-ring (bicyclic) bond motifs is 3. The Labute approximate surface area is 200 Å². The molecule has 0 aliphatic carbocycles. The van der Waals surface area contributed by atoms with Crippen molar-refractivity contribution in [1.82, 2.24) is 5.01 Å². The fourth-order valence-electron chi connectivity index (χ4n) is 3.92. The van der Waals surface area contributed by atoms with Crippen LogP contribution in [0.4, 0.5) is 0 Å². The summed E-state index contributed by atoms with van der Waals surface area (Å²) in [4.78, 5) is 0. The fourth-order valence-corrected chi connectivity index (χ4v) is 5.54. The van der Waals surface area contributed by atoms with E-state index in [1.54, 1.807) is 7.11 Å². The van der Waals surface area contributed by atoms with Gasteiger partial charge in [-0.2, -0.15) is 5.10 Å². The van der Waals surface area contributed by atoms with Gasteiger partial charge in [-0.25, -0.2) is 5.01 Å². The Balaban J connectivity index is 1.60. The molecule has 0 fully saturated rings. The molecule has 0 radical (unpaired) electrons. The van der Waals surface area contributed by atoms with Gasteiger partial charge in [0.15, 0.2) is 0 Å². The van der Waals surface area contributed by atoms with Gasteiger partial charge in [0.25, 0.3) is 0 Å². The van der Waals surface area contributed by atoms with Gasteiger partial charge in [-0.1, -0.05) is 44.0 Å². The van der Waals surface area contributed by atoms with Gasteiger partial charge >= 0.3 is 0 Å². The Bertz CT molecular complexity index is 1130. The number of rotatable bonds is 3. The van der Waals surface area contributed by atoms with E-state index < -0.39 is 0 Å². The van der Waals surface area contributed by atoms with E-state index in [0.717, 1.165) is 53.7 Å². The van der Waals surface area contributed by atoms with Gasteiger partial charge < -0.3 is 9.47 Å². The number of hydrazone groups is 1. The van der Waals surface area contributed by atoms with Crippen LogP contribution in [0.3, 0.4) is 0 Å². The first kappa shape index (κ1) is 20.1. The molecule has 0 spiro atoms. The van der Waals surface area contributed by atoms with Crippen LogP contribution in [-0.4, -0.2) is 17.8 Å². The van der Waals surface area contributed by atoms with Crippen molar-refractivity contribution in [2.45, 2.75) is 18.7 Å². The number of ether oxygens (including phenoxy) is 2. The highest BCUT2D eigenvalue weighted by Gasteiger charge is 2.41. The highest BCUT2D eigenvalue weighted by molar-refractivity contribution is 9.11. The van der Waals surface area contributed by atoms with Crippen LogP contribution in [0.2, 0.25) is 0 Å².